The number of likely N-dealkylation sites (N-methyl/N-ethyl adjacent to an activating group) is 1. The molecular weight excluding hydrogens is 702 g/mol. The summed E-state index contributed by atoms with van der Waals surface area (Å²) < 4.78 is 22.0. The lowest BCUT2D eigenvalue weighted by molar-refractivity contribution is 0.191. The normalized spacial score (nSPS) is 13.4. The monoisotopic (exact) mass is 761 g/mol. The summed E-state index contributed by atoms with van der Waals surface area (Å²) in [6, 6.07) is 17.3. The molecule has 1 saturated heterocycles. The Balaban J connectivity index is 0.000000245. The van der Waals surface area contributed by atoms with Crippen molar-refractivity contribution in [2.75, 3.05) is 86.8 Å². The Bertz CT molecular complexity index is 1730. The Kier molecular flexibility index (Phi) is 15.9. The third-order valence-corrected chi connectivity index (χ3v) is 8.66. The molecular formula is C40H59N9O6. The number of ether oxygens (including phenoxy) is 2. The van der Waals surface area contributed by atoms with Crippen LogP contribution in [-0.4, -0.2) is 97.7 Å². The van der Waals surface area contributed by atoms with Crippen molar-refractivity contribution < 1.29 is 28.1 Å². The highest BCUT2D eigenvalue weighted by Crippen LogP contribution is 2.26. The molecule has 5 rings (SSSR count). The van der Waals surface area contributed by atoms with Gasteiger partial charge in [-0.2, -0.15) is 0 Å². The van der Waals surface area contributed by atoms with E-state index in [-0.39, 0.29) is 22.9 Å². The van der Waals surface area contributed by atoms with Gasteiger partial charge in [0.15, 0.2) is 11.6 Å². The molecule has 4 amide bonds. The van der Waals surface area contributed by atoms with Crippen molar-refractivity contribution in [1.29, 1.82) is 0 Å². The van der Waals surface area contributed by atoms with Crippen LogP contribution in [0.1, 0.15) is 66.9 Å². The molecule has 15 heteroatoms. The average Bonchev–Trinajstić information content (AvgIpc) is 3.83. The molecule has 2 aromatic carbocycles. The zero-order chi connectivity index (χ0) is 39.8. The van der Waals surface area contributed by atoms with Crippen LogP contribution in [0, 0.1) is 0 Å². The first-order chi connectivity index (χ1) is 26.2. The minimum atomic E-state index is -0.376. The number of hydrogen-bond acceptors (Lipinski definition) is 11. The van der Waals surface area contributed by atoms with E-state index in [1.165, 1.54) is 0 Å². The first-order valence-corrected chi connectivity index (χ1v) is 18.9. The van der Waals surface area contributed by atoms with E-state index in [0.717, 1.165) is 63.9 Å². The van der Waals surface area contributed by atoms with Crippen LogP contribution in [0.15, 0.2) is 69.7 Å². The smallest absolute Gasteiger partial charge is 0.324 e. The van der Waals surface area contributed by atoms with Gasteiger partial charge in [-0.1, -0.05) is 65.7 Å². The SMILES string of the molecule is CC(C)(C)c1cc(NC(=O)Nc2ccc(OCCN3CCNCC3)cc2)no1.CCN(CC)CCOc1ccc(NC(=O)Nc2cc(C(C)(C)C)on2)cc1. The Hall–Kier alpha value is -5.12. The summed E-state index contributed by atoms with van der Waals surface area (Å²) in [6.07, 6.45) is 0. The number of anilines is 4. The largest absolute Gasteiger partial charge is 0.492 e. The fourth-order valence-corrected chi connectivity index (χ4v) is 5.26. The number of hydrogen-bond donors (Lipinski definition) is 5. The number of amides is 4. The molecule has 15 nitrogen and oxygen atoms in total. The van der Waals surface area contributed by atoms with Gasteiger partial charge in [0.25, 0.3) is 0 Å². The molecule has 55 heavy (non-hydrogen) atoms. The minimum Gasteiger partial charge on any atom is -0.492 e. The average molecular weight is 762 g/mol. The summed E-state index contributed by atoms with van der Waals surface area (Å²) in [7, 11) is 0. The zero-order valence-electron chi connectivity index (χ0n) is 33.6. The van der Waals surface area contributed by atoms with E-state index < -0.39 is 0 Å². The molecule has 1 aliphatic rings. The summed E-state index contributed by atoms with van der Waals surface area (Å²) in [5.41, 5.74) is 1.02. The summed E-state index contributed by atoms with van der Waals surface area (Å²) in [5, 5.41) is 22.0. The fraction of sp³-hybridized carbons (Fsp3) is 0.500. The summed E-state index contributed by atoms with van der Waals surface area (Å²) in [6.45, 7) is 25.7. The van der Waals surface area contributed by atoms with Crippen molar-refractivity contribution in [2.24, 2.45) is 0 Å². The fourth-order valence-electron chi connectivity index (χ4n) is 5.26. The van der Waals surface area contributed by atoms with Crippen molar-refractivity contribution in [3.05, 3.63) is 72.2 Å². The standard InChI is InChI=1S/C20H29N5O3.C20H30N4O3/c1-20(2,3)17-14-18(24-28-17)23-19(26)22-15-4-6-16(7-5-15)27-13-12-25-10-8-21-9-11-25;1-6-24(7-2)12-13-26-16-10-8-15(9-11-16)21-19(25)22-18-14-17(27-23-18)20(3,4)5/h4-7,14,21H,8-13H2,1-3H3,(H2,22,23,24,26);8-11,14H,6-7,12-13H2,1-5H3,(H2,21,22,23,25). The van der Waals surface area contributed by atoms with Crippen molar-refractivity contribution in [2.45, 2.75) is 66.2 Å². The maximum atomic E-state index is 12.1. The number of carbonyl (C=O) groups is 2. The van der Waals surface area contributed by atoms with Crippen molar-refractivity contribution in [3.63, 3.8) is 0 Å². The van der Waals surface area contributed by atoms with Gasteiger partial charge >= 0.3 is 12.1 Å². The van der Waals surface area contributed by atoms with Crippen LogP contribution < -0.4 is 36.1 Å². The molecule has 0 spiro atoms. The number of urea groups is 2. The predicted octanol–water partition coefficient (Wildman–Crippen LogP) is 7.24. The molecule has 4 aromatic rings. The van der Waals surface area contributed by atoms with Crippen LogP contribution >= 0.6 is 0 Å². The van der Waals surface area contributed by atoms with Gasteiger partial charge in [-0.05, 0) is 61.6 Å². The highest BCUT2D eigenvalue weighted by Gasteiger charge is 2.21. The number of carbonyl (C=O) groups excluding carboxylic acids is 2. The highest BCUT2D eigenvalue weighted by atomic mass is 16.5. The van der Waals surface area contributed by atoms with Crippen LogP contribution in [-0.2, 0) is 10.8 Å². The molecule has 1 aliphatic heterocycles. The molecule has 300 valence electrons. The van der Waals surface area contributed by atoms with E-state index in [9.17, 15) is 9.59 Å². The summed E-state index contributed by atoms with van der Waals surface area (Å²) in [4.78, 5) is 28.9. The number of aromatic nitrogens is 2. The van der Waals surface area contributed by atoms with Crippen LogP contribution in [0.5, 0.6) is 11.5 Å². The number of benzene rings is 2. The lowest BCUT2D eigenvalue weighted by Gasteiger charge is -2.26. The minimum absolute atomic E-state index is 0.162. The van der Waals surface area contributed by atoms with Gasteiger partial charge < -0.3 is 39.4 Å². The maximum absolute atomic E-state index is 12.1. The van der Waals surface area contributed by atoms with Crippen LogP contribution in [0.4, 0.5) is 32.6 Å². The third-order valence-electron chi connectivity index (χ3n) is 8.66. The summed E-state index contributed by atoms with van der Waals surface area (Å²) in [5.74, 6) is 3.75. The van der Waals surface area contributed by atoms with Gasteiger partial charge in [-0.25, -0.2) is 9.59 Å². The second-order valence-electron chi connectivity index (χ2n) is 15.2. The first kappa shape index (κ1) is 42.6. The van der Waals surface area contributed by atoms with E-state index in [0.29, 0.717) is 47.7 Å². The van der Waals surface area contributed by atoms with Gasteiger partial charge in [-0.3, -0.25) is 15.5 Å². The molecule has 3 heterocycles. The summed E-state index contributed by atoms with van der Waals surface area (Å²) >= 11 is 0. The van der Waals surface area contributed by atoms with Gasteiger partial charge in [0, 0.05) is 73.6 Å². The van der Waals surface area contributed by atoms with Crippen molar-refractivity contribution in [1.82, 2.24) is 25.4 Å². The number of piperazine rings is 1. The third kappa shape index (κ3) is 14.9. The van der Waals surface area contributed by atoms with Gasteiger partial charge in [0.05, 0.1) is 0 Å². The Morgan fingerprint density at radius 1 is 0.709 bits per heavy atom. The van der Waals surface area contributed by atoms with E-state index in [4.69, 9.17) is 18.5 Å². The van der Waals surface area contributed by atoms with Crippen molar-refractivity contribution >= 4 is 35.1 Å². The molecule has 0 bridgehead atoms. The molecule has 5 N–H and O–H groups in total. The van der Waals surface area contributed by atoms with E-state index >= 15 is 0 Å². The topological polar surface area (TPSA) is 171 Å². The Morgan fingerprint density at radius 3 is 1.55 bits per heavy atom. The quantitative estimate of drug-likeness (QED) is 0.0878. The molecule has 2 aromatic heterocycles. The molecule has 0 atom stereocenters. The number of nitrogens with one attached hydrogen (secondary N) is 5. The molecule has 1 fully saturated rings. The van der Waals surface area contributed by atoms with Crippen LogP contribution in [0.2, 0.25) is 0 Å². The molecule has 0 aliphatic carbocycles. The van der Waals surface area contributed by atoms with Gasteiger partial charge in [0.1, 0.15) is 36.2 Å². The van der Waals surface area contributed by atoms with E-state index in [2.05, 4.69) is 60.5 Å². The van der Waals surface area contributed by atoms with E-state index in [1.54, 1.807) is 24.3 Å². The Labute approximate surface area is 324 Å². The molecule has 0 saturated carbocycles. The second-order valence-corrected chi connectivity index (χ2v) is 15.2. The highest BCUT2D eigenvalue weighted by molar-refractivity contribution is 5.99. The lowest BCUT2D eigenvalue weighted by atomic mass is 9.93. The molecule has 0 unspecified atom stereocenters. The van der Waals surface area contributed by atoms with E-state index in [1.807, 2.05) is 77.9 Å². The van der Waals surface area contributed by atoms with Gasteiger partial charge in [0.2, 0.25) is 0 Å². The van der Waals surface area contributed by atoms with Crippen LogP contribution in [0.3, 0.4) is 0 Å². The predicted molar refractivity (Wildman–Crippen MR) is 217 cm³/mol. The second kappa shape index (κ2) is 20.5. The maximum Gasteiger partial charge on any atom is 0.324 e. The van der Waals surface area contributed by atoms with Crippen LogP contribution in [0.25, 0.3) is 0 Å². The Morgan fingerprint density at radius 2 is 1.15 bits per heavy atom. The zero-order valence-corrected chi connectivity index (χ0v) is 33.6. The first-order valence-electron chi connectivity index (χ1n) is 18.9. The van der Waals surface area contributed by atoms with Gasteiger partial charge in [-0.15, -0.1) is 0 Å². The van der Waals surface area contributed by atoms with Crippen molar-refractivity contribution in [3.8, 4) is 11.5 Å². The number of rotatable bonds is 14. The molecule has 0 radical (unpaired) electrons. The number of nitrogens with zero attached hydrogens (tertiary/aromatic N) is 4. The lowest BCUT2D eigenvalue weighted by Crippen LogP contribution is -2.44.